The number of allylic oxidation sites excluding steroid dienone is 8. The van der Waals surface area contributed by atoms with E-state index in [2.05, 4.69) is 59.8 Å². The van der Waals surface area contributed by atoms with Crippen molar-refractivity contribution >= 4 is 3.21 Å². The molecule has 0 fully saturated rings. The predicted molar refractivity (Wildman–Crippen MR) is 78.4 cm³/mol. The molecule has 0 heterocycles. The van der Waals surface area contributed by atoms with Crippen molar-refractivity contribution in [3.8, 4) is 0 Å². The summed E-state index contributed by atoms with van der Waals surface area (Å²) in [6, 6.07) is 0. The van der Waals surface area contributed by atoms with E-state index in [1.807, 2.05) is 3.28 Å². The van der Waals surface area contributed by atoms with Gasteiger partial charge in [-0.15, -0.1) is 0 Å². The van der Waals surface area contributed by atoms with Gasteiger partial charge in [0.15, 0.2) is 0 Å². The Morgan fingerprint density at radius 1 is 1.17 bits per heavy atom. The molecule has 0 aromatic heterocycles. The van der Waals surface area contributed by atoms with E-state index in [1.165, 1.54) is 12.0 Å². The van der Waals surface area contributed by atoms with Gasteiger partial charge in [-0.25, -0.2) is 0 Å². The summed E-state index contributed by atoms with van der Waals surface area (Å²) in [7, 11) is 0. The summed E-state index contributed by atoms with van der Waals surface area (Å²) < 4.78 is 5.32. The fourth-order valence-corrected chi connectivity index (χ4v) is 11.3. The van der Waals surface area contributed by atoms with Crippen LogP contribution in [0.15, 0.2) is 41.5 Å². The second kappa shape index (κ2) is 5.37. The van der Waals surface area contributed by atoms with Crippen molar-refractivity contribution in [2.75, 3.05) is 0 Å². The van der Waals surface area contributed by atoms with Crippen LogP contribution in [0.2, 0.25) is 0 Å². The van der Waals surface area contributed by atoms with Gasteiger partial charge in [-0.2, -0.15) is 0 Å². The van der Waals surface area contributed by atoms with Gasteiger partial charge in [0.25, 0.3) is 0 Å². The molecule has 18 heavy (non-hydrogen) atoms. The van der Waals surface area contributed by atoms with Gasteiger partial charge in [0.05, 0.1) is 0 Å². The van der Waals surface area contributed by atoms with E-state index in [0.29, 0.717) is 5.92 Å². The molecule has 2 rings (SSSR count). The molecule has 0 bridgehead atoms. The molecule has 0 aromatic rings. The van der Waals surface area contributed by atoms with Gasteiger partial charge in [-0.05, 0) is 0 Å². The molecule has 0 amide bonds. The quantitative estimate of drug-likeness (QED) is 0.677. The van der Waals surface area contributed by atoms with E-state index < -0.39 is 21.3 Å². The second-order valence-electron chi connectivity index (χ2n) is 5.93. The Kier molecular flexibility index (Phi) is 4.22. The van der Waals surface area contributed by atoms with Crippen molar-refractivity contribution < 1.29 is 21.3 Å². The van der Waals surface area contributed by atoms with Crippen LogP contribution >= 0.6 is 0 Å². The molecule has 1 heteroatoms. The van der Waals surface area contributed by atoms with Crippen molar-refractivity contribution in [2.24, 2.45) is 5.92 Å². The summed E-state index contributed by atoms with van der Waals surface area (Å²) in [5.74, 6) is 0.677. The maximum atomic E-state index is 2.50. The third-order valence-corrected chi connectivity index (χ3v) is 12.4. The first-order valence-electron chi connectivity index (χ1n) is 6.86. The van der Waals surface area contributed by atoms with Gasteiger partial charge in [0.2, 0.25) is 0 Å². The summed E-state index contributed by atoms with van der Waals surface area (Å²) in [6.45, 7) is 14.0. The molecule has 0 aliphatic heterocycles. The van der Waals surface area contributed by atoms with Crippen LogP contribution in [-0.2, 0) is 21.3 Å². The molecule has 0 nitrogen and oxygen atoms in total. The number of hydrogen-bond acceptors (Lipinski definition) is 0. The first-order valence-corrected chi connectivity index (χ1v) is 10.5. The monoisotopic (exact) mass is 318 g/mol. The van der Waals surface area contributed by atoms with Crippen LogP contribution in [-0.4, -0.2) is 3.21 Å². The molecule has 0 N–H and O–H groups in total. The zero-order valence-corrected chi connectivity index (χ0v) is 15.0. The number of rotatable bonds is 2. The van der Waals surface area contributed by atoms with Gasteiger partial charge < -0.3 is 0 Å². The van der Waals surface area contributed by atoms with Crippen molar-refractivity contribution in [2.45, 2.75) is 48.0 Å². The van der Waals surface area contributed by atoms with Crippen molar-refractivity contribution in [3.63, 3.8) is 0 Å². The summed E-state index contributed by atoms with van der Waals surface area (Å²) >= 11 is -1.72. The second-order valence-corrected chi connectivity index (χ2v) is 13.1. The Labute approximate surface area is 119 Å². The fourth-order valence-electron chi connectivity index (χ4n) is 3.04. The summed E-state index contributed by atoms with van der Waals surface area (Å²) in [5.41, 5.74) is 4.66. The third-order valence-electron chi connectivity index (χ3n) is 4.13. The fraction of sp³-hybridized carbons (Fsp3) is 0.471. The molecule has 1 unspecified atom stereocenters. The predicted octanol–water partition coefficient (Wildman–Crippen LogP) is 4.92. The normalized spacial score (nSPS) is 23.0. The Hall–Kier alpha value is -0.287. The van der Waals surface area contributed by atoms with Gasteiger partial charge in [0.1, 0.15) is 0 Å². The Morgan fingerprint density at radius 3 is 2.22 bits per heavy atom. The molecule has 2 aliphatic rings. The van der Waals surface area contributed by atoms with Crippen LogP contribution in [0.1, 0.15) is 48.0 Å². The third kappa shape index (κ3) is 2.52. The molecule has 2 aliphatic carbocycles. The van der Waals surface area contributed by atoms with Crippen molar-refractivity contribution in [3.05, 3.63) is 41.5 Å². The standard InChI is InChI=1S/2C7H9.C3H6.Zr/c1-6-3-4-7(2)5-6;1-6-4-3-5-7(6)2;1-3-2;/h3-4,6H,1-2H3;4H,5H2,1-2H3;1-2H3;. The Bertz CT molecular complexity index is 532. The van der Waals surface area contributed by atoms with E-state index in [-0.39, 0.29) is 0 Å². The van der Waals surface area contributed by atoms with Gasteiger partial charge >= 0.3 is 120 Å². The van der Waals surface area contributed by atoms with Crippen LogP contribution < -0.4 is 0 Å². The molecule has 0 radical (unpaired) electrons. The molecular formula is C17H24Zr. The first-order chi connectivity index (χ1) is 8.41. The van der Waals surface area contributed by atoms with Gasteiger partial charge in [-0.1, -0.05) is 0 Å². The zero-order valence-electron chi connectivity index (χ0n) is 12.5. The zero-order chi connectivity index (χ0) is 13.4. The average molecular weight is 320 g/mol. The Morgan fingerprint density at radius 2 is 1.83 bits per heavy atom. The topological polar surface area (TPSA) is 0 Å². The van der Waals surface area contributed by atoms with Crippen LogP contribution in [0.4, 0.5) is 0 Å². The van der Waals surface area contributed by atoms with Crippen LogP contribution in [0, 0.1) is 5.92 Å². The molecule has 96 valence electrons. The average Bonchev–Trinajstić information content (AvgIpc) is 2.76. The van der Waals surface area contributed by atoms with E-state index in [9.17, 15) is 0 Å². The summed E-state index contributed by atoms with van der Waals surface area (Å²) in [4.78, 5) is 0. The van der Waals surface area contributed by atoms with Gasteiger partial charge in [0, 0.05) is 0 Å². The molecule has 0 saturated heterocycles. The van der Waals surface area contributed by atoms with Crippen LogP contribution in [0.25, 0.3) is 0 Å². The van der Waals surface area contributed by atoms with E-state index in [0.717, 1.165) is 0 Å². The SMILES string of the molecule is CC1=C(C)C[C]([Zr]([C]2=C(C)C=CC2C)=[C](C)C)=C1. The van der Waals surface area contributed by atoms with E-state index >= 15 is 0 Å². The van der Waals surface area contributed by atoms with Crippen LogP contribution in [0.3, 0.4) is 0 Å². The van der Waals surface area contributed by atoms with Crippen LogP contribution in [0.5, 0.6) is 0 Å². The minimum atomic E-state index is -1.72. The number of hydrogen-bond donors (Lipinski definition) is 0. The molecule has 0 spiro atoms. The first kappa shape index (κ1) is 14.1. The molecule has 0 saturated carbocycles. The van der Waals surface area contributed by atoms with E-state index in [4.69, 9.17) is 0 Å². The molecular weight excluding hydrogens is 295 g/mol. The van der Waals surface area contributed by atoms with Crippen molar-refractivity contribution in [1.82, 2.24) is 0 Å². The maximum absolute atomic E-state index is 2.50. The summed E-state index contributed by atoms with van der Waals surface area (Å²) in [5, 5.41) is 0. The summed E-state index contributed by atoms with van der Waals surface area (Å²) in [6.07, 6.45) is 8.47. The van der Waals surface area contributed by atoms with Crippen molar-refractivity contribution in [1.29, 1.82) is 0 Å². The Balaban J connectivity index is 2.44. The van der Waals surface area contributed by atoms with Gasteiger partial charge in [-0.3, -0.25) is 0 Å². The molecule has 1 atom stereocenters. The minimum absolute atomic E-state index is 0.677. The molecule has 0 aromatic carbocycles. The van der Waals surface area contributed by atoms with E-state index in [1.54, 1.807) is 17.6 Å².